The lowest BCUT2D eigenvalue weighted by Gasteiger charge is -2.13. The molecule has 3 nitrogen and oxygen atoms in total. The summed E-state index contributed by atoms with van der Waals surface area (Å²) in [5, 5.41) is 4.05. The number of halogens is 1. The van der Waals surface area contributed by atoms with Crippen LogP contribution in [0.1, 0.15) is 12.5 Å². The molecular weight excluding hydrogens is 286 g/mol. The van der Waals surface area contributed by atoms with Gasteiger partial charge in [0.1, 0.15) is 18.1 Å². The smallest absolute Gasteiger partial charge is 0.142 e. The zero-order valence-electron chi connectivity index (χ0n) is 12.4. The highest BCUT2D eigenvalue weighted by atomic mass is 35.5. The van der Waals surface area contributed by atoms with Gasteiger partial charge in [-0.3, -0.25) is 0 Å². The second-order valence-corrected chi connectivity index (χ2v) is 5.05. The van der Waals surface area contributed by atoms with Crippen LogP contribution < -0.4 is 14.8 Å². The Kier molecular flexibility index (Phi) is 5.76. The molecule has 2 rings (SSSR count). The first-order chi connectivity index (χ1) is 10.2. The Morgan fingerprint density at radius 3 is 2.62 bits per heavy atom. The molecule has 0 aliphatic heterocycles. The van der Waals surface area contributed by atoms with E-state index in [9.17, 15) is 0 Å². The summed E-state index contributed by atoms with van der Waals surface area (Å²) in [6, 6.07) is 13.5. The average Bonchev–Trinajstić information content (AvgIpc) is 2.47. The van der Waals surface area contributed by atoms with Crippen molar-refractivity contribution >= 4 is 17.3 Å². The van der Waals surface area contributed by atoms with Crippen LogP contribution in [0.15, 0.2) is 42.5 Å². The van der Waals surface area contributed by atoms with Crippen LogP contribution in [-0.2, 0) is 0 Å². The number of rotatable bonds is 7. The van der Waals surface area contributed by atoms with Gasteiger partial charge in [-0.2, -0.15) is 0 Å². The van der Waals surface area contributed by atoms with E-state index in [0.717, 1.165) is 27.8 Å². The molecule has 21 heavy (non-hydrogen) atoms. The highest BCUT2D eigenvalue weighted by Crippen LogP contribution is 2.24. The average molecular weight is 306 g/mol. The molecular formula is C17H20ClNO2. The Bertz CT molecular complexity index is 587. The highest BCUT2D eigenvalue weighted by Gasteiger charge is 2.02. The number of anilines is 1. The minimum Gasteiger partial charge on any atom is -0.492 e. The van der Waals surface area contributed by atoms with Crippen LogP contribution in [0.25, 0.3) is 0 Å². The SMILES string of the molecule is CCOc1ccccc1NCCOc1ccc(Cl)cc1C. The summed E-state index contributed by atoms with van der Waals surface area (Å²) < 4.78 is 11.3. The Morgan fingerprint density at radius 2 is 1.86 bits per heavy atom. The van der Waals surface area contributed by atoms with E-state index in [1.165, 1.54) is 0 Å². The van der Waals surface area contributed by atoms with E-state index in [4.69, 9.17) is 21.1 Å². The molecule has 1 N–H and O–H groups in total. The van der Waals surface area contributed by atoms with Crippen LogP contribution in [0.2, 0.25) is 5.02 Å². The number of benzene rings is 2. The van der Waals surface area contributed by atoms with Crippen LogP contribution in [-0.4, -0.2) is 19.8 Å². The van der Waals surface area contributed by atoms with Crippen molar-refractivity contribution in [3.05, 3.63) is 53.1 Å². The maximum Gasteiger partial charge on any atom is 0.142 e. The molecule has 0 amide bonds. The molecule has 2 aromatic carbocycles. The maximum absolute atomic E-state index is 5.92. The fourth-order valence-electron chi connectivity index (χ4n) is 2.02. The molecule has 0 aliphatic rings. The van der Waals surface area contributed by atoms with Crippen molar-refractivity contribution in [2.45, 2.75) is 13.8 Å². The quantitative estimate of drug-likeness (QED) is 0.762. The van der Waals surface area contributed by atoms with Crippen molar-refractivity contribution in [2.75, 3.05) is 25.1 Å². The van der Waals surface area contributed by atoms with E-state index in [-0.39, 0.29) is 0 Å². The van der Waals surface area contributed by atoms with Crippen LogP contribution in [0.5, 0.6) is 11.5 Å². The molecule has 0 fully saturated rings. The van der Waals surface area contributed by atoms with E-state index in [2.05, 4.69) is 5.32 Å². The van der Waals surface area contributed by atoms with Gasteiger partial charge in [0.05, 0.1) is 12.3 Å². The largest absolute Gasteiger partial charge is 0.492 e. The van der Waals surface area contributed by atoms with E-state index >= 15 is 0 Å². The van der Waals surface area contributed by atoms with Gasteiger partial charge < -0.3 is 14.8 Å². The van der Waals surface area contributed by atoms with Gasteiger partial charge in [0.25, 0.3) is 0 Å². The first kappa shape index (κ1) is 15.5. The maximum atomic E-state index is 5.92. The summed E-state index contributed by atoms with van der Waals surface area (Å²) in [6.45, 7) is 5.89. The van der Waals surface area contributed by atoms with Gasteiger partial charge >= 0.3 is 0 Å². The van der Waals surface area contributed by atoms with Gasteiger partial charge in [-0.15, -0.1) is 0 Å². The number of nitrogens with one attached hydrogen (secondary N) is 1. The van der Waals surface area contributed by atoms with Crippen LogP contribution in [0.3, 0.4) is 0 Å². The molecule has 0 aliphatic carbocycles. The van der Waals surface area contributed by atoms with Gasteiger partial charge in [-0.25, -0.2) is 0 Å². The predicted molar refractivity (Wildman–Crippen MR) is 87.8 cm³/mol. The molecule has 0 spiro atoms. The third-order valence-corrected chi connectivity index (χ3v) is 3.23. The molecule has 0 aromatic heterocycles. The molecule has 0 saturated heterocycles. The third kappa shape index (κ3) is 4.57. The highest BCUT2D eigenvalue weighted by molar-refractivity contribution is 6.30. The molecule has 0 heterocycles. The Morgan fingerprint density at radius 1 is 1.05 bits per heavy atom. The zero-order valence-corrected chi connectivity index (χ0v) is 13.1. The molecule has 0 bridgehead atoms. The van der Waals surface area contributed by atoms with Gasteiger partial charge in [-0.05, 0) is 49.7 Å². The Labute approximate surface area is 130 Å². The summed E-state index contributed by atoms with van der Waals surface area (Å²) in [5.74, 6) is 1.72. The molecule has 2 aromatic rings. The number of aryl methyl sites for hydroxylation is 1. The van der Waals surface area contributed by atoms with Gasteiger partial charge in [0, 0.05) is 11.6 Å². The molecule has 4 heteroatoms. The van der Waals surface area contributed by atoms with Crippen molar-refractivity contribution in [2.24, 2.45) is 0 Å². The minimum atomic E-state index is 0.572. The van der Waals surface area contributed by atoms with Crippen molar-refractivity contribution in [1.82, 2.24) is 0 Å². The number of hydrogen-bond donors (Lipinski definition) is 1. The van der Waals surface area contributed by atoms with Crippen molar-refractivity contribution < 1.29 is 9.47 Å². The van der Waals surface area contributed by atoms with E-state index in [1.807, 2.05) is 56.3 Å². The number of ether oxygens (including phenoxy) is 2. The second-order valence-electron chi connectivity index (χ2n) is 4.61. The topological polar surface area (TPSA) is 30.5 Å². The molecule has 0 saturated carbocycles. The lowest BCUT2D eigenvalue weighted by molar-refractivity contribution is 0.328. The van der Waals surface area contributed by atoms with Crippen LogP contribution >= 0.6 is 11.6 Å². The monoisotopic (exact) mass is 305 g/mol. The number of para-hydroxylation sites is 2. The van der Waals surface area contributed by atoms with Gasteiger partial charge in [0.2, 0.25) is 0 Å². The summed E-state index contributed by atoms with van der Waals surface area (Å²) in [5.41, 5.74) is 2.02. The van der Waals surface area contributed by atoms with Gasteiger partial charge in [0.15, 0.2) is 0 Å². The summed E-state index contributed by atoms with van der Waals surface area (Å²) in [4.78, 5) is 0. The van der Waals surface area contributed by atoms with Crippen molar-refractivity contribution in [3.8, 4) is 11.5 Å². The Balaban J connectivity index is 1.84. The molecule has 0 atom stereocenters. The predicted octanol–water partition coefficient (Wildman–Crippen LogP) is 4.54. The van der Waals surface area contributed by atoms with Gasteiger partial charge in [-0.1, -0.05) is 23.7 Å². The van der Waals surface area contributed by atoms with Crippen LogP contribution in [0.4, 0.5) is 5.69 Å². The first-order valence-electron chi connectivity index (χ1n) is 7.05. The third-order valence-electron chi connectivity index (χ3n) is 3.00. The van der Waals surface area contributed by atoms with E-state index in [1.54, 1.807) is 0 Å². The summed E-state index contributed by atoms with van der Waals surface area (Å²) >= 11 is 5.92. The van der Waals surface area contributed by atoms with Crippen molar-refractivity contribution in [1.29, 1.82) is 0 Å². The van der Waals surface area contributed by atoms with Crippen LogP contribution in [0, 0.1) is 6.92 Å². The fourth-order valence-corrected chi connectivity index (χ4v) is 2.24. The molecule has 0 radical (unpaired) electrons. The Hall–Kier alpha value is -1.87. The first-order valence-corrected chi connectivity index (χ1v) is 7.43. The second kappa shape index (κ2) is 7.79. The molecule has 0 unspecified atom stereocenters. The van der Waals surface area contributed by atoms with Crippen molar-refractivity contribution in [3.63, 3.8) is 0 Å². The lowest BCUT2D eigenvalue weighted by Crippen LogP contribution is -2.12. The van der Waals surface area contributed by atoms with E-state index < -0.39 is 0 Å². The lowest BCUT2D eigenvalue weighted by atomic mass is 10.2. The zero-order chi connectivity index (χ0) is 15.1. The standard InChI is InChI=1S/C17H20ClNO2/c1-3-20-17-7-5-4-6-15(17)19-10-11-21-16-9-8-14(18)12-13(16)2/h4-9,12,19H,3,10-11H2,1-2H3. The minimum absolute atomic E-state index is 0.572. The summed E-state index contributed by atoms with van der Waals surface area (Å²) in [7, 11) is 0. The van der Waals surface area contributed by atoms with E-state index in [0.29, 0.717) is 19.8 Å². The fraction of sp³-hybridized carbons (Fsp3) is 0.294. The molecule has 112 valence electrons. The summed E-state index contributed by atoms with van der Waals surface area (Å²) in [6.07, 6.45) is 0. The normalized spacial score (nSPS) is 10.2. The number of hydrogen-bond acceptors (Lipinski definition) is 3.